The summed E-state index contributed by atoms with van der Waals surface area (Å²) in [5.74, 6) is -0.239. The predicted octanol–water partition coefficient (Wildman–Crippen LogP) is 6.22. The Hall–Kier alpha value is -5.37. The number of benzene rings is 4. The van der Waals surface area contributed by atoms with Gasteiger partial charge in [-0.1, -0.05) is 73.7 Å². The number of hydrogen-bond acceptors (Lipinski definition) is 8. The topological polar surface area (TPSA) is 143 Å². The monoisotopic (exact) mass is 802 g/mol. The summed E-state index contributed by atoms with van der Waals surface area (Å²) in [6.45, 7) is 7.37. The molecule has 12 nitrogen and oxygen atoms in total. The lowest BCUT2D eigenvalue weighted by atomic mass is 9.82. The smallest absolute Gasteiger partial charge is 0.269 e. The number of carbonyl (C=O) groups excluding carboxylic acids is 3. The number of methoxy groups -OCH3 is 1. The molecule has 4 heterocycles. The first kappa shape index (κ1) is 39.5. The lowest BCUT2D eigenvalue weighted by molar-refractivity contribution is -0.385. The third-order valence-corrected chi connectivity index (χ3v) is 17.5. The fourth-order valence-electron chi connectivity index (χ4n) is 10.2. The molecule has 0 bridgehead atoms. The molecule has 0 radical (unpaired) electrons. The van der Waals surface area contributed by atoms with Crippen LogP contribution in [0, 0.1) is 16.0 Å². The Kier molecular flexibility index (Phi) is 10.5. The molecule has 4 aromatic carbocycles. The minimum atomic E-state index is -2.66. The number of ether oxygens (including phenoxy) is 2. The van der Waals surface area contributed by atoms with Crippen LogP contribution in [0.4, 0.5) is 17.1 Å². The zero-order valence-electron chi connectivity index (χ0n) is 33.4. The van der Waals surface area contributed by atoms with E-state index in [4.69, 9.17) is 9.47 Å². The second kappa shape index (κ2) is 15.4. The number of carbonyl (C=O) groups is 3. The van der Waals surface area contributed by atoms with Gasteiger partial charge in [-0.3, -0.25) is 24.5 Å². The SMILES string of the molecule is COc1ccc([Si](C)(C)[C@@H]2[C@@H](CC(=O)N3Cc4ccccc4C[C@H]3CO)O[C@]3(C(=O)N(Cc4cccc(N5CCCCC5=O)c4)c4ccc([N+](=O)[O-])cc43)[C@H]2C)cc1. The number of aliphatic hydroxyl groups excluding tert-OH is 1. The molecule has 3 amide bonds. The Morgan fingerprint density at radius 2 is 1.76 bits per heavy atom. The normalized spacial score (nSPS) is 24.3. The average Bonchev–Trinajstić information content (AvgIpc) is 3.65. The molecule has 0 saturated carbocycles. The van der Waals surface area contributed by atoms with Gasteiger partial charge in [0.25, 0.3) is 11.6 Å². The fourth-order valence-corrected chi connectivity index (χ4v) is 14.2. The average molecular weight is 803 g/mol. The van der Waals surface area contributed by atoms with Gasteiger partial charge in [0.1, 0.15) is 5.75 Å². The summed E-state index contributed by atoms with van der Waals surface area (Å²) in [6.07, 6.45) is 2.03. The van der Waals surface area contributed by atoms with Crippen molar-refractivity contribution in [2.45, 2.75) is 88.5 Å². The van der Waals surface area contributed by atoms with E-state index >= 15 is 4.79 Å². The number of piperidine rings is 1. The van der Waals surface area contributed by atoms with Crippen LogP contribution in [0.2, 0.25) is 18.6 Å². The third kappa shape index (κ3) is 6.68. The molecule has 4 aliphatic heterocycles. The van der Waals surface area contributed by atoms with E-state index in [0.717, 1.165) is 40.4 Å². The molecule has 302 valence electrons. The maximum absolute atomic E-state index is 15.4. The van der Waals surface area contributed by atoms with E-state index in [9.17, 15) is 24.8 Å². The molecule has 4 aliphatic rings. The maximum atomic E-state index is 15.4. The van der Waals surface area contributed by atoms with Crippen molar-refractivity contribution < 1.29 is 33.9 Å². The van der Waals surface area contributed by atoms with E-state index in [1.807, 2.05) is 79.7 Å². The van der Waals surface area contributed by atoms with Gasteiger partial charge in [-0.05, 0) is 71.8 Å². The summed E-state index contributed by atoms with van der Waals surface area (Å²) in [7, 11) is -1.04. The number of nitro groups is 1. The second-order valence-electron chi connectivity index (χ2n) is 16.7. The summed E-state index contributed by atoms with van der Waals surface area (Å²) in [4.78, 5) is 59.9. The molecule has 0 aromatic heterocycles. The first-order chi connectivity index (χ1) is 27.9. The highest BCUT2D eigenvalue weighted by Gasteiger charge is 2.67. The number of nitro benzene ring substituents is 1. The number of fused-ring (bicyclic) bond motifs is 3. The highest BCUT2D eigenvalue weighted by molar-refractivity contribution is 6.91. The minimum Gasteiger partial charge on any atom is -0.497 e. The van der Waals surface area contributed by atoms with Gasteiger partial charge in [-0.25, -0.2) is 0 Å². The number of hydrogen-bond donors (Lipinski definition) is 1. The van der Waals surface area contributed by atoms with E-state index in [-0.39, 0.29) is 48.5 Å². The Bertz CT molecular complexity index is 2270. The molecule has 0 aliphatic carbocycles. The maximum Gasteiger partial charge on any atom is 0.269 e. The summed E-state index contributed by atoms with van der Waals surface area (Å²) >= 11 is 0. The molecule has 58 heavy (non-hydrogen) atoms. The Labute approximate surface area is 339 Å². The van der Waals surface area contributed by atoms with Gasteiger partial charge >= 0.3 is 0 Å². The van der Waals surface area contributed by atoms with E-state index in [2.05, 4.69) is 13.1 Å². The number of rotatable bonds is 10. The second-order valence-corrected chi connectivity index (χ2v) is 21.4. The summed E-state index contributed by atoms with van der Waals surface area (Å²) in [6, 6.07) is 27.6. The van der Waals surface area contributed by atoms with E-state index in [0.29, 0.717) is 42.9 Å². The van der Waals surface area contributed by atoms with Gasteiger partial charge in [-0.2, -0.15) is 0 Å². The molecule has 5 atom stereocenters. The van der Waals surface area contributed by atoms with E-state index in [1.54, 1.807) is 27.9 Å². The van der Waals surface area contributed by atoms with Crippen LogP contribution in [0.15, 0.2) is 91.0 Å². The zero-order chi connectivity index (χ0) is 40.9. The van der Waals surface area contributed by atoms with Crippen LogP contribution in [0.25, 0.3) is 0 Å². The van der Waals surface area contributed by atoms with Crippen LogP contribution in [0.1, 0.15) is 54.9 Å². The molecule has 4 aromatic rings. The number of amides is 3. The van der Waals surface area contributed by atoms with Crippen molar-refractivity contribution in [3.63, 3.8) is 0 Å². The predicted molar refractivity (Wildman–Crippen MR) is 223 cm³/mol. The minimum absolute atomic E-state index is 0.0363. The van der Waals surface area contributed by atoms with Crippen molar-refractivity contribution in [3.8, 4) is 5.75 Å². The zero-order valence-corrected chi connectivity index (χ0v) is 34.4. The van der Waals surface area contributed by atoms with Crippen LogP contribution >= 0.6 is 0 Å². The van der Waals surface area contributed by atoms with Crippen molar-refractivity contribution in [3.05, 3.63) is 123 Å². The van der Waals surface area contributed by atoms with E-state index < -0.39 is 36.7 Å². The fraction of sp³-hybridized carbons (Fsp3) is 0.400. The largest absolute Gasteiger partial charge is 0.497 e. The Balaban J connectivity index is 1.20. The van der Waals surface area contributed by atoms with Gasteiger partial charge in [0.15, 0.2) is 5.60 Å². The Morgan fingerprint density at radius 3 is 2.47 bits per heavy atom. The molecule has 8 rings (SSSR count). The van der Waals surface area contributed by atoms with Crippen LogP contribution in [0.3, 0.4) is 0 Å². The Morgan fingerprint density at radius 1 is 1.00 bits per heavy atom. The lowest BCUT2D eigenvalue weighted by Crippen LogP contribution is -2.52. The molecule has 0 unspecified atom stereocenters. The first-order valence-electron chi connectivity index (χ1n) is 20.2. The third-order valence-electron chi connectivity index (χ3n) is 13.2. The van der Waals surface area contributed by atoms with Crippen molar-refractivity contribution in [2.75, 3.05) is 30.1 Å². The van der Waals surface area contributed by atoms with Crippen LogP contribution in [-0.2, 0) is 44.2 Å². The number of nitrogens with zero attached hydrogens (tertiary/aromatic N) is 4. The quantitative estimate of drug-likeness (QED) is 0.113. The molecule has 2 fully saturated rings. The highest BCUT2D eigenvalue weighted by atomic mass is 28.3. The summed E-state index contributed by atoms with van der Waals surface area (Å²) in [5, 5.41) is 23.9. The summed E-state index contributed by atoms with van der Waals surface area (Å²) in [5.41, 5.74) is 2.56. The van der Waals surface area contributed by atoms with Crippen molar-refractivity contribution in [1.82, 2.24) is 4.90 Å². The van der Waals surface area contributed by atoms with Gasteiger partial charge in [-0.15, -0.1) is 0 Å². The lowest BCUT2D eigenvalue weighted by Gasteiger charge is -2.39. The molecule has 13 heteroatoms. The molecule has 1 N–H and O–H groups in total. The van der Waals surface area contributed by atoms with Crippen LogP contribution in [-0.4, -0.2) is 73.1 Å². The number of non-ortho nitro benzene ring substituents is 1. The molecule has 1 spiro atoms. The van der Waals surface area contributed by atoms with Gasteiger partial charge in [0.2, 0.25) is 11.8 Å². The number of aliphatic hydroxyl groups is 1. The highest BCUT2D eigenvalue weighted by Crippen LogP contribution is 2.60. The van der Waals surface area contributed by atoms with E-state index in [1.165, 1.54) is 12.1 Å². The standard InChI is InChI=1S/C45H50N4O8Si/c1-29-43(58(3,4)37-18-16-36(56-2)17-19-37)40(25-42(52)47-27-32-12-6-5-11-31(32)23-35(47)28-50)57-45(29)38-24-34(49(54)55)15-20-39(38)48(44(45)53)26-30-10-9-13-33(22-30)46-21-8-7-14-41(46)51/h5-6,9-13,15-20,22,24,29,35,40,43,50H,7-8,14,21,23,25-28H2,1-4H3/t29-,35-,40+,43-,45+/m0/s1. The first-order valence-corrected chi connectivity index (χ1v) is 23.2. The van der Waals surface area contributed by atoms with Gasteiger partial charge in [0.05, 0.1) is 57.5 Å². The summed E-state index contributed by atoms with van der Waals surface area (Å²) < 4.78 is 12.7. The van der Waals surface area contributed by atoms with Gasteiger partial charge in [0, 0.05) is 48.8 Å². The molecule has 2 saturated heterocycles. The van der Waals surface area contributed by atoms with Crippen molar-refractivity contribution >= 4 is 48.0 Å². The van der Waals surface area contributed by atoms with Gasteiger partial charge < -0.3 is 29.3 Å². The van der Waals surface area contributed by atoms with Crippen molar-refractivity contribution in [2.24, 2.45) is 5.92 Å². The van der Waals surface area contributed by atoms with Crippen LogP contribution < -0.4 is 19.7 Å². The molecular weight excluding hydrogens is 753 g/mol. The van der Waals surface area contributed by atoms with Crippen LogP contribution in [0.5, 0.6) is 5.75 Å². The molecular formula is C45H50N4O8Si. The number of anilines is 2. The van der Waals surface area contributed by atoms with Crippen molar-refractivity contribution in [1.29, 1.82) is 0 Å².